The first-order chi connectivity index (χ1) is 10.2. The smallest absolute Gasteiger partial charge is 0.206 e. The zero-order valence-electron chi connectivity index (χ0n) is 11.9. The van der Waals surface area contributed by atoms with E-state index in [4.69, 9.17) is 0 Å². The molecule has 0 radical (unpaired) electrons. The number of aryl methyl sites for hydroxylation is 2. The molecule has 3 rings (SSSR count). The summed E-state index contributed by atoms with van der Waals surface area (Å²) in [7, 11) is 0. The zero-order chi connectivity index (χ0) is 14.7. The molecule has 3 aromatic rings. The number of hydrogen-bond acceptors (Lipinski definition) is 5. The maximum Gasteiger partial charge on any atom is 0.206 e. The zero-order valence-corrected chi connectivity index (χ0v) is 12.8. The molecule has 1 N–H and O–H groups in total. The Kier molecular flexibility index (Phi) is 3.92. The van der Waals surface area contributed by atoms with Crippen molar-refractivity contribution >= 4 is 16.5 Å². The highest BCUT2D eigenvalue weighted by Crippen LogP contribution is 2.27. The maximum atomic E-state index is 4.47. The van der Waals surface area contributed by atoms with E-state index >= 15 is 0 Å². The molecule has 2 heterocycles. The molecular weight excluding hydrogens is 280 g/mol. The van der Waals surface area contributed by atoms with Gasteiger partial charge in [0.25, 0.3) is 0 Å². The number of nitrogens with zero attached hydrogens (tertiary/aromatic N) is 3. The van der Waals surface area contributed by atoms with Crippen LogP contribution in [0.15, 0.2) is 48.7 Å². The summed E-state index contributed by atoms with van der Waals surface area (Å²) < 4.78 is 0. The third kappa shape index (κ3) is 3.25. The number of nitrogens with one attached hydrogen (secondary N) is 1. The van der Waals surface area contributed by atoms with Gasteiger partial charge in [0.15, 0.2) is 0 Å². The predicted octanol–water partition coefficient (Wildman–Crippen LogP) is 3.75. The molecule has 0 aliphatic carbocycles. The molecule has 0 saturated carbocycles. The third-order valence-electron chi connectivity index (χ3n) is 3.19. The number of pyridine rings is 1. The van der Waals surface area contributed by atoms with Crippen molar-refractivity contribution in [1.29, 1.82) is 0 Å². The second-order valence-corrected chi connectivity index (χ2v) is 6.05. The van der Waals surface area contributed by atoms with Gasteiger partial charge in [0.2, 0.25) is 5.13 Å². The van der Waals surface area contributed by atoms with E-state index in [1.165, 1.54) is 5.56 Å². The van der Waals surface area contributed by atoms with Crippen LogP contribution in [0.3, 0.4) is 0 Å². The van der Waals surface area contributed by atoms with Crippen LogP contribution in [0.2, 0.25) is 0 Å². The largest absolute Gasteiger partial charge is 0.348 e. The first-order valence-electron chi connectivity index (χ1n) is 6.76. The number of benzene rings is 1. The highest BCUT2D eigenvalue weighted by Gasteiger charge is 2.16. The standard InChI is InChI=1S/C16H16N4S/c1-11-6-8-13(9-7-11)15(14-5-3-4-10-17-14)18-16-20-19-12(2)21-16/h3-10,15H,1-2H3,(H,18,20)/t15-/m1/s1. The highest BCUT2D eigenvalue weighted by atomic mass is 32.1. The van der Waals surface area contributed by atoms with Crippen molar-refractivity contribution in [2.75, 3.05) is 5.32 Å². The van der Waals surface area contributed by atoms with Gasteiger partial charge in [0, 0.05) is 6.20 Å². The van der Waals surface area contributed by atoms with Gasteiger partial charge in [-0.2, -0.15) is 0 Å². The molecule has 0 fully saturated rings. The molecule has 0 spiro atoms. The SMILES string of the molecule is Cc1ccc([C@@H](Nc2nnc(C)s2)c2ccccn2)cc1. The van der Waals surface area contributed by atoms with Crippen molar-refractivity contribution in [2.24, 2.45) is 0 Å². The summed E-state index contributed by atoms with van der Waals surface area (Å²) in [5.41, 5.74) is 3.37. The Morgan fingerprint density at radius 2 is 1.81 bits per heavy atom. The van der Waals surface area contributed by atoms with Crippen LogP contribution in [0.4, 0.5) is 5.13 Å². The molecule has 0 amide bonds. The lowest BCUT2D eigenvalue weighted by molar-refractivity contribution is 0.875. The third-order valence-corrected chi connectivity index (χ3v) is 3.96. The second kappa shape index (κ2) is 6.01. The van der Waals surface area contributed by atoms with Gasteiger partial charge in [0.1, 0.15) is 5.01 Å². The van der Waals surface area contributed by atoms with Gasteiger partial charge >= 0.3 is 0 Å². The fourth-order valence-corrected chi connectivity index (χ4v) is 2.73. The molecule has 2 aromatic heterocycles. The van der Waals surface area contributed by atoms with Crippen LogP contribution in [0.5, 0.6) is 0 Å². The van der Waals surface area contributed by atoms with Gasteiger partial charge in [-0.3, -0.25) is 4.98 Å². The van der Waals surface area contributed by atoms with Crippen LogP contribution >= 0.6 is 11.3 Å². The Morgan fingerprint density at radius 1 is 1.00 bits per heavy atom. The minimum absolute atomic E-state index is 0.0286. The van der Waals surface area contributed by atoms with Crippen LogP contribution < -0.4 is 5.32 Å². The van der Waals surface area contributed by atoms with Crippen LogP contribution in [-0.2, 0) is 0 Å². The number of anilines is 1. The second-order valence-electron chi connectivity index (χ2n) is 4.87. The van der Waals surface area contributed by atoms with E-state index in [0.717, 1.165) is 21.4 Å². The van der Waals surface area contributed by atoms with E-state index in [1.807, 2.05) is 31.3 Å². The first-order valence-corrected chi connectivity index (χ1v) is 7.58. The maximum absolute atomic E-state index is 4.47. The topological polar surface area (TPSA) is 50.7 Å². The Balaban J connectivity index is 1.96. The molecular formula is C16H16N4S. The van der Waals surface area contributed by atoms with E-state index in [9.17, 15) is 0 Å². The molecule has 4 nitrogen and oxygen atoms in total. The summed E-state index contributed by atoms with van der Waals surface area (Å²) in [6, 6.07) is 14.4. The molecule has 0 aliphatic heterocycles. The number of rotatable bonds is 4. The van der Waals surface area contributed by atoms with Gasteiger partial charge < -0.3 is 5.32 Å². The highest BCUT2D eigenvalue weighted by molar-refractivity contribution is 7.15. The van der Waals surface area contributed by atoms with Gasteiger partial charge in [0.05, 0.1) is 11.7 Å². The Labute approximate surface area is 127 Å². The molecule has 5 heteroatoms. The van der Waals surface area contributed by atoms with E-state index in [0.29, 0.717) is 0 Å². The number of aromatic nitrogens is 3. The van der Waals surface area contributed by atoms with Crippen molar-refractivity contribution in [2.45, 2.75) is 19.9 Å². The molecule has 21 heavy (non-hydrogen) atoms. The molecule has 0 unspecified atom stereocenters. The minimum Gasteiger partial charge on any atom is -0.348 e. The lowest BCUT2D eigenvalue weighted by Gasteiger charge is -2.18. The van der Waals surface area contributed by atoms with Crippen molar-refractivity contribution < 1.29 is 0 Å². The summed E-state index contributed by atoms with van der Waals surface area (Å²) in [4.78, 5) is 4.47. The molecule has 0 bridgehead atoms. The summed E-state index contributed by atoms with van der Waals surface area (Å²) in [5, 5.41) is 13.4. The summed E-state index contributed by atoms with van der Waals surface area (Å²) >= 11 is 1.55. The number of hydrogen-bond donors (Lipinski definition) is 1. The predicted molar refractivity (Wildman–Crippen MR) is 85.5 cm³/mol. The van der Waals surface area contributed by atoms with E-state index in [-0.39, 0.29) is 6.04 Å². The van der Waals surface area contributed by atoms with Gasteiger partial charge in [-0.15, -0.1) is 10.2 Å². The van der Waals surface area contributed by atoms with Crippen LogP contribution in [0.1, 0.15) is 27.9 Å². The monoisotopic (exact) mass is 296 g/mol. The Hall–Kier alpha value is -2.27. The van der Waals surface area contributed by atoms with Crippen LogP contribution in [0.25, 0.3) is 0 Å². The Morgan fingerprint density at radius 3 is 2.43 bits per heavy atom. The van der Waals surface area contributed by atoms with Gasteiger partial charge in [-0.05, 0) is 31.5 Å². The molecule has 1 atom stereocenters. The average molecular weight is 296 g/mol. The molecule has 106 valence electrons. The van der Waals surface area contributed by atoms with Crippen molar-refractivity contribution in [3.8, 4) is 0 Å². The molecule has 0 saturated heterocycles. The summed E-state index contributed by atoms with van der Waals surface area (Å²) in [6.45, 7) is 4.03. The van der Waals surface area contributed by atoms with Crippen molar-refractivity contribution in [3.05, 3.63) is 70.5 Å². The summed E-state index contributed by atoms with van der Waals surface area (Å²) in [6.07, 6.45) is 1.81. The fraction of sp³-hybridized carbons (Fsp3) is 0.188. The molecule has 0 aliphatic rings. The van der Waals surface area contributed by atoms with E-state index in [1.54, 1.807) is 11.3 Å². The Bertz CT molecular complexity index is 707. The van der Waals surface area contributed by atoms with Gasteiger partial charge in [-0.1, -0.05) is 47.2 Å². The molecule has 1 aromatic carbocycles. The fourth-order valence-electron chi connectivity index (χ4n) is 2.11. The van der Waals surface area contributed by atoms with E-state index < -0.39 is 0 Å². The normalized spacial score (nSPS) is 12.1. The first kappa shape index (κ1) is 13.7. The lowest BCUT2D eigenvalue weighted by Crippen LogP contribution is -2.13. The van der Waals surface area contributed by atoms with Crippen molar-refractivity contribution in [1.82, 2.24) is 15.2 Å². The minimum atomic E-state index is -0.0286. The van der Waals surface area contributed by atoms with Crippen molar-refractivity contribution in [3.63, 3.8) is 0 Å². The van der Waals surface area contributed by atoms with Crippen LogP contribution in [0, 0.1) is 13.8 Å². The van der Waals surface area contributed by atoms with Gasteiger partial charge in [-0.25, -0.2) is 0 Å². The average Bonchev–Trinajstić information content (AvgIpc) is 2.92. The summed E-state index contributed by atoms with van der Waals surface area (Å²) in [5.74, 6) is 0. The lowest BCUT2D eigenvalue weighted by atomic mass is 10.0. The quantitative estimate of drug-likeness (QED) is 0.796. The van der Waals surface area contributed by atoms with Crippen LogP contribution in [-0.4, -0.2) is 15.2 Å². The van der Waals surface area contributed by atoms with E-state index in [2.05, 4.69) is 51.7 Å².